The summed E-state index contributed by atoms with van der Waals surface area (Å²) in [5.74, 6) is 0.587. The number of nitrogens with one attached hydrogen (secondary N) is 1. The second-order valence-corrected chi connectivity index (χ2v) is 8.91. The van der Waals surface area contributed by atoms with Crippen LogP contribution in [0.1, 0.15) is 47.2 Å². The molecule has 194 valence electrons. The molecule has 1 saturated heterocycles. The highest BCUT2D eigenvalue weighted by Crippen LogP contribution is 2.38. The van der Waals surface area contributed by atoms with Crippen molar-refractivity contribution in [3.05, 3.63) is 53.2 Å². The molecule has 1 fully saturated rings. The molecule has 2 aromatic carbocycles. The van der Waals surface area contributed by atoms with E-state index in [0.717, 1.165) is 36.2 Å². The highest BCUT2D eigenvalue weighted by molar-refractivity contribution is 14.0. The topological polar surface area (TPSA) is 110 Å². The average Bonchev–Trinajstić information content (AvgIpc) is 3.38. The molecule has 9 heteroatoms. The van der Waals surface area contributed by atoms with Crippen LogP contribution in [-0.4, -0.2) is 54.2 Å². The number of hydrogen-bond donors (Lipinski definition) is 3. The first-order valence-electron chi connectivity index (χ1n) is 12.1. The largest absolute Gasteiger partial charge is 0.493 e. The van der Waals surface area contributed by atoms with E-state index in [9.17, 15) is 9.90 Å². The Morgan fingerprint density at radius 2 is 1.97 bits per heavy atom. The number of carbonyl (C=O) groups excluding carboxylic acids is 1. The monoisotopic (exact) mass is 606 g/mol. The lowest BCUT2D eigenvalue weighted by atomic mass is 10.0. The Morgan fingerprint density at radius 1 is 1.19 bits per heavy atom. The lowest BCUT2D eigenvalue weighted by Crippen LogP contribution is -2.20. The number of likely N-dealkylation sites (tertiary alicyclic amines) is 1. The van der Waals surface area contributed by atoms with E-state index >= 15 is 0 Å². The van der Waals surface area contributed by atoms with Crippen LogP contribution in [-0.2, 0) is 6.61 Å². The Morgan fingerprint density at radius 3 is 2.67 bits per heavy atom. The number of benzene rings is 2. The molecule has 2 heterocycles. The summed E-state index contributed by atoms with van der Waals surface area (Å²) in [5, 5.41) is 13.7. The number of anilines is 2. The van der Waals surface area contributed by atoms with Gasteiger partial charge in [-0.3, -0.25) is 9.78 Å². The van der Waals surface area contributed by atoms with Crippen molar-refractivity contribution in [2.45, 2.75) is 39.2 Å². The standard InChI is InChI=1S/C27H34N4O4.HI/c1-18-19(17-32)8-7-9-22(18)30-26-20-14-24(34-2)25(15-23(20)29-16-21(26)27(28)33)35-13-6-5-12-31-10-3-4-11-31;/h7-9,14-16,32H,3-6,10-13,17H2,1-2H3,(H2,28,33)(H,29,30);1H. The van der Waals surface area contributed by atoms with Gasteiger partial charge in [-0.25, -0.2) is 0 Å². The normalized spacial score (nSPS) is 13.4. The third-order valence-electron chi connectivity index (χ3n) is 6.62. The molecule has 8 nitrogen and oxygen atoms in total. The van der Waals surface area contributed by atoms with Gasteiger partial charge in [-0.05, 0) is 75.5 Å². The molecule has 0 radical (unpaired) electrons. The van der Waals surface area contributed by atoms with E-state index in [1.54, 1.807) is 7.11 Å². The number of halogens is 1. The second kappa shape index (κ2) is 13.1. The maximum Gasteiger partial charge on any atom is 0.252 e. The van der Waals surface area contributed by atoms with E-state index in [-0.39, 0.29) is 36.1 Å². The molecule has 4 N–H and O–H groups in total. The van der Waals surface area contributed by atoms with Gasteiger partial charge in [0, 0.05) is 23.3 Å². The van der Waals surface area contributed by atoms with Crippen LogP contribution >= 0.6 is 24.0 Å². The minimum absolute atomic E-state index is 0. The number of methoxy groups -OCH3 is 1. The van der Waals surface area contributed by atoms with E-state index in [1.807, 2.05) is 37.3 Å². The summed E-state index contributed by atoms with van der Waals surface area (Å²) >= 11 is 0. The van der Waals surface area contributed by atoms with Crippen molar-refractivity contribution in [3.63, 3.8) is 0 Å². The minimum Gasteiger partial charge on any atom is -0.493 e. The zero-order valence-corrected chi connectivity index (χ0v) is 23.2. The van der Waals surface area contributed by atoms with E-state index < -0.39 is 5.91 Å². The molecule has 4 rings (SSSR count). The van der Waals surface area contributed by atoms with E-state index in [0.29, 0.717) is 34.7 Å². The third-order valence-corrected chi connectivity index (χ3v) is 6.62. The maximum atomic E-state index is 12.2. The van der Waals surface area contributed by atoms with Gasteiger partial charge in [0.05, 0.1) is 37.1 Å². The van der Waals surface area contributed by atoms with Crippen LogP contribution in [0.15, 0.2) is 36.5 Å². The van der Waals surface area contributed by atoms with Crippen molar-refractivity contribution in [1.29, 1.82) is 0 Å². The van der Waals surface area contributed by atoms with Crippen LogP contribution in [0.3, 0.4) is 0 Å². The molecule has 1 aromatic heterocycles. The Labute approximate surface area is 229 Å². The fourth-order valence-electron chi connectivity index (χ4n) is 4.54. The summed E-state index contributed by atoms with van der Waals surface area (Å²) in [7, 11) is 1.59. The lowest BCUT2D eigenvalue weighted by Gasteiger charge is -2.18. The summed E-state index contributed by atoms with van der Waals surface area (Å²) in [6.07, 6.45) is 6.14. The number of carbonyl (C=O) groups is 1. The molecule has 0 bridgehead atoms. The number of fused-ring (bicyclic) bond motifs is 1. The van der Waals surface area contributed by atoms with Gasteiger partial charge in [0.2, 0.25) is 0 Å². The van der Waals surface area contributed by atoms with Gasteiger partial charge in [-0.15, -0.1) is 24.0 Å². The molecular formula is C27H35IN4O4. The summed E-state index contributed by atoms with van der Waals surface area (Å²) < 4.78 is 11.7. The number of nitrogens with zero attached hydrogens (tertiary/aromatic N) is 2. The van der Waals surface area contributed by atoms with Crippen LogP contribution < -0.4 is 20.5 Å². The van der Waals surface area contributed by atoms with Crippen LogP contribution in [0.25, 0.3) is 10.9 Å². The number of rotatable bonds is 11. The van der Waals surface area contributed by atoms with Gasteiger partial charge < -0.3 is 30.5 Å². The van der Waals surface area contributed by atoms with Gasteiger partial charge in [-0.1, -0.05) is 12.1 Å². The SMILES string of the molecule is COc1cc2c(Nc3cccc(CO)c3C)c(C(N)=O)cnc2cc1OCCCCN1CCCC1.I. The molecule has 0 atom stereocenters. The van der Waals surface area contributed by atoms with Crippen molar-refractivity contribution in [2.75, 3.05) is 38.7 Å². The quantitative estimate of drug-likeness (QED) is 0.213. The Hall–Kier alpha value is -2.63. The molecular weight excluding hydrogens is 571 g/mol. The Kier molecular flexibility index (Phi) is 10.1. The Balaban J connectivity index is 0.00000361. The zero-order chi connectivity index (χ0) is 24.8. The molecule has 0 unspecified atom stereocenters. The molecule has 0 aliphatic carbocycles. The first kappa shape index (κ1) is 27.9. The van der Waals surface area contributed by atoms with Crippen LogP contribution in [0, 0.1) is 6.92 Å². The van der Waals surface area contributed by atoms with Gasteiger partial charge in [0.1, 0.15) is 0 Å². The van der Waals surface area contributed by atoms with E-state index in [2.05, 4.69) is 15.2 Å². The number of ether oxygens (including phenoxy) is 2. The fourth-order valence-corrected chi connectivity index (χ4v) is 4.54. The number of aromatic nitrogens is 1. The first-order valence-corrected chi connectivity index (χ1v) is 12.1. The van der Waals surface area contributed by atoms with Crippen molar-refractivity contribution in [1.82, 2.24) is 9.88 Å². The molecule has 1 aliphatic rings. The lowest BCUT2D eigenvalue weighted by molar-refractivity contribution is 0.100. The van der Waals surface area contributed by atoms with Crippen molar-refractivity contribution in [2.24, 2.45) is 5.73 Å². The molecule has 36 heavy (non-hydrogen) atoms. The molecule has 3 aromatic rings. The molecule has 0 spiro atoms. The highest BCUT2D eigenvalue weighted by Gasteiger charge is 2.18. The van der Waals surface area contributed by atoms with Gasteiger partial charge in [-0.2, -0.15) is 0 Å². The van der Waals surface area contributed by atoms with Crippen molar-refractivity contribution < 1.29 is 19.4 Å². The molecule has 1 amide bonds. The molecule has 0 saturated carbocycles. The number of unbranched alkanes of at least 4 members (excludes halogenated alkanes) is 1. The molecule has 1 aliphatic heterocycles. The van der Waals surface area contributed by atoms with Crippen LogP contribution in [0.2, 0.25) is 0 Å². The van der Waals surface area contributed by atoms with Gasteiger partial charge in [0.25, 0.3) is 5.91 Å². The van der Waals surface area contributed by atoms with Gasteiger partial charge in [0.15, 0.2) is 11.5 Å². The number of primary amides is 1. The van der Waals surface area contributed by atoms with Crippen molar-refractivity contribution in [3.8, 4) is 11.5 Å². The number of aliphatic hydroxyl groups excluding tert-OH is 1. The first-order chi connectivity index (χ1) is 17.0. The van der Waals surface area contributed by atoms with Crippen LogP contribution in [0.5, 0.6) is 11.5 Å². The summed E-state index contributed by atoms with van der Waals surface area (Å²) in [5.41, 5.74) is 9.59. The highest BCUT2D eigenvalue weighted by atomic mass is 127. The van der Waals surface area contributed by atoms with Crippen LogP contribution in [0.4, 0.5) is 11.4 Å². The number of hydrogen-bond acceptors (Lipinski definition) is 7. The zero-order valence-electron chi connectivity index (χ0n) is 20.9. The summed E-state index contributed by atoms with van der Waals surface area (Å²) in [6.45, 7) is 5.96. The maximum absolute atomic E-state index is 12.2. The predicted molar refractivity (Wildman–Crippen MR) is 153 cm³/mol. The third kappa shape index (κ3) is 6.37. The number of aliphatic hydroxyl groups is 1. The minimum atomic E-state index is -0.588. The number of pyridine rings is 1. The number of nitrogens with two attached hydrogens (primary N) is 1. The fraction of sp³-hybridized carbons (Fsp3) is 0.407. The summed E-state index contributed by atoms with van der Waals surface area (Å²) in [6, 6.07) is 9.26. The Bertz CT molecular complexity index is 1200. The smallest absolute Gasteiger partial charge is 0.252 e. The second-order valence-electron chi connectivity index (χ2n) is 8.91. The average molecular weight is 607 g/mol. The summed E-state index contributed by atoms with van der Waals surface area (Å²) in [4.78, 5) is 19.2. The number of amides is 1. The van der Waals surface area contributed by atoms with E-state index in [1.165, 1.54) is 32.1 Å². The predicted octanol–water partition coefficient (Wildman–Crippen LogP) is 4.76. The van der Waals surface area contributed by atoms with Gasteiger partial charge >= 0.3 is 0 Å². The van der Waals surface area contributed by atoms with Crippen molar-refractivity contribution >= 4 is 52.2 Å². The van der Waals surface area contributed by atoms with E-state index in [4.69, 9.17) is 15.2 Å².